The molecule has 0 saturated carbocycles. The summed E-state index contributed by atoms with van der Waals surface area (Å²) >= 11 is -0.312. The van der Waals surface area contributed by atoms with Crippen LogP contribution in [-0.4, -0.2) is 0 Å². The molecule has 0 spiro atoms. The fraction of sp³-hybridized carbons (Fsp3) is 0.200. The third kappa shape index (κ3) is 4.98. The zero-order chi connectivity index (χ0) is 7.52. The van der Waals surface area contributed by atoms with Gasteiger partial charge in [0.1, 0.15) is 0 Å². The molecule has 2 aliphatic rings. The van der Waals surface area contributed by atoms with Crippen molar-refractivity contribution < 1.29 is 60.5 Å². The smallest absolute Gasteiger partial charge is 1.00 e. The fourth-order valence-corrected chi connectivity index (χ4v) is 4.26. The van der Waals surface area contributed by atoms with Crippen molar-refractivity contribution in [3.8, 4) is 0 Å². The Hall–Kier alpha value is 0.713. The largest absolute Gasteiger partial charge is 1.00 e. The molecule has 0 radical (unpaired) electrons. The molecule has 0 aromatic heterocycles. The van der Waals surface area contributed by atoms with Crippen LogP contribution in [0, 0.1) is 0 Å². The van der Waals surface area contributed by atoms with E-state index in [1.54, 1.807) is 6.56 Å². The van der Waals surface area contributed by atoms with Crippen LogP contribution in [0.3, 0.4) is 0 Å². The van der Waals surface area contributed by atoms with Crippen molar-refractivity contribution in [1.82, 2.24) is 0 Å². The number of hydrogen-bond donors (Lipinski definition) is 0. The minimum atomic E-state index is -0.312. The maximum Gasteiger partial charge on any atom is -1.00 e. The summed E-state index contributed by atoms with van der Waals surface area (Å²) in [4.78, 5) is 0. The summed E-state index contributed by atoms with van der Waals surface area (Å²) in [5.74, 6) is 0. The van der Waals surface area contributed by atoms with Gasteiger partial charge < -0.3 is 37.2 Å². The van der Waals surface area contributed by atoms with Crippen molar-refractivity contribution in [2.45, 2.75) is 12.8 Å². The van der Waals surface area contributed by atoms with Gasteiger partial charge in [0, 0.05) is 0 Å². The number of allylic oxidation sites excluding steroid dienone is 8. The summed E-state index contributed by atoms with van der Waals surface area (Å²) in [6.07, 6.45) is 16.0. The van der Waals surface area contributed by atoms with Gasteiger partial charge in [0.05, 0.1) is 0 Å². The average molecular weight is 328 g/mol. The van der Waals surface area contributed by atoms with Gasteiger partial charge in [-0.1, -0.05) is 0 Å². The second-order valence-electron chi connectivity index (χ2n) is 2.77. The van der Waals surface area contributed by atoms with Gasteiger partial charge >= 0.3 is 79.1 Å². The molecule has 0 heterocycles. The zero-order valence-electron chi connectivity index (χ0n) is 7.51. The van der Waals surface area contributed by atoms with E-state index >= 15 is 0 Å². The van der Waals surface area contributed by atoms with Gasteiger partial charge in [0.25, 0.3) is 0 Å². The van der Waals surface area contributed by atoms with E-state index in [2.05, 4.69) is 36.5 Å². The molecule has 0 aromatic carbocycles. The van der Waals surface area contributed by atoms with Crippen molar-refractivity contribution in [2.24, 2.45) is 0 Å². The average Bonchev–Trinajstić information content (AvgIpc) is 2.60. The van der Waals surface area contributed by atoms with E-state index in [4.69, 9.17) is 0 Å². The molecule has 0 N–H and O–H groups in total. The monoisotopic (exact) mass is 325 g/mol. The molecule has 2 rings (SSSR count). The van der Waals surface area contributed by atoms with Crippen LogP contribution in [0.2, 0.25) is 0 Å². The van der Waals surface area contributed by atoms with E-state index < -0.39 is 0 Å². The summed E-state index contributed by atoms with van der Waals surface area (Å²) in [6.45, 7) is 0. The Morgan fingerprint density at radius 1 is 0.786 bits per heavy atom. The van der Waals surface area contributed by atoms with Crippen LogP contribution in [-0.2, 0) is 23.2 Å². The molecule has 75 valence electrons. The molecule has 14 heavy (non-hydrogen) atoms. The first-order chi connectivity index (χ1) is 5.45. The summed E-state index contributed by atoms with van der Waals surface area (Å²) in [5.41, 5.74) is 0. The number of rotatable bonds is 2. The molecular formula is C10H10Cl3Zr. The van der Waals surface area contributed by atoms with Crippen LogP contribution < -0.4 is 37.2 Å². The van der Waals surface area contributed by atoms with E-state index in [0.717, 1.165) is 0 Å². The third-order valence-electron chi connectivity index (χ3n) is 1.86. The number of halogens is 3. The first kappa shape index (κ1) is 17.1. The summed E-state index contributed by atoms with van der Waals surface area (Å²) in [6, 6.07) is 0. The molecular weight excluding hydrogens is 318 g/mol. The van der Waals surface area contributed by atoms with E-state index in [1.807, 2.05) is 0 Å². The minimum Gasteiger partial charge on any atom is -1.00 e. The molecule has 0 aromatic rings. The van der Waals surface area contributed by atoms with Gasteiger partial charge in [0.2, 0.25) is 0 Å². The Balaban J connectivity index is 0. The fourth-order valence-electron chi connectivity index (χ4n) is 1.29. The van der Waals surface area contributed by atoms with Crippen LogP contribution in [0.4, 0.5) is 0 Å². The van der Waals surface area contributed by atoms with E-state index in [0.29, 0.717) is 0 Å². The van der Waals surface area contributed by atoms with E-state index in [1.165, 1.54) is 12.8 Å². The first-order valence-electron chi connectivity index (χ1n) is 3.93. The predicted octanol–water partition coefficient (Wildman–Crippen LogP) is -6.23. The molecule has 4 heteroatoms. The molecule has 0 atom stereocenters. The topological polar surface area (TPSA) is 0 Å². The van der Waals surface area contributed by atoms with Crippen LogP contribution in [0.5, 0.6) is 0 Å². The van der Waals surface area contributed by atoms with Gasteiger partial charge in [0.15, 0.2) is 0 Å². The van der Waals surface area contributed by atoms with E-state index in [9.17, 15) is 0 Å². The predicted molar refractivity (Wildman–Crippen MR) is 43.7 cm³/mol. The molecule has 0 aliphatic heterocycles. The minimum absolute atomic E-state index is 0. The summed E-state index contributed by atoms with van der Waals surface area (Å²) in [7, 11) is 0. The van der Waals surface area contributed by atoms with Crippen LogP contribution in [0.25, 0.3) is 0 Å². The molecule has 0 saturated heterocycles. The Morgan fingerprint density at radius 3 is 1.50 bits per heavy atom. The summed E-state index contributed by atoms with van der Waals surface area (Å²) < 4.78 is 3.45. The van der Waals surface area contributed by atoms with Gasteiger partial charge in [-0.3, -0.25) is 0 Å². The van der Waals surface area contributed by atoms with E-state index in [-0.39, 0.29) is 60.5 Å². The molecule has 2 aliphatic carbocycles. The van der Waals surface area contributed by atoms with Crippen LogP contribution in [0.15, 0.2) is 43.0 Å². The molecule has 0 fully saturated rings. The van der Waals surface area contributed by atoms with Gasteiger partial charge in [-0.15, -0.1) is 0 Å². The van der Waals surface area contributed by atoms with Crippen molar-refractivity contribution >= 4 is 0 Å². The first-order valence-corrected chi connectivity index (χ1v) is 6.39. The third-order valence-corrected chi connectivity index (χ3v) is 5.27. The Bertz CT molecular complexity index is 249. The molecule has 0 nitrogen and oxygen atoms in total. The van der Waals surface area contributed by atoms with Crippen molar-refractivity contribution in [3.05, 3.63) is 43.0 Å². The van der Waals surface area contributed by atoms with Gasteiger partial charge in [-0.25, -0.2) is 0 Å². The number of hydrogen-bond acceptors (Lipinski definition) is 0. The Labute approximate surface area is 115 Å². The maximum atomic E-state index is 2.31. The van der Waals surface area contributed by atoms with Gasteiger partial charge in [-0.2, -0.15) is 0 Å². The van der Waals surface area contributed by atoms with Crippen LogP contribution in [0.1, 0.15) is 12.8 Å². The normalized spacial score (nSPS) is 15.7. The Kier molecular flexibility index (Phi) is 11.0. The standard InChI is InChI=1S/2C5H5.3ClH.Zr/c2*1-2-4-5-3-1;;;;/h2*1-3H,4H2;3*1H;/q;;;;;+3/p-3. The van der Waals surface area contributed by atoms with Crippen molar-refractivity contribution in [1.29, 1.82) is 0 Å². The van der Waals surface area contributed by atoms with Crippen molar-refractivity contribution in [3.63, 3.8) is 0 Å². The molecule has 0 unspecified atom stereocenters. The zero-order valence-corrected chi connectivity index (χ0v) is 12.2. The summed E-state index contributed by atoms with van der Waals surface area (Å²) in [5, 5.41) is 0. The maximum absolute atomic E-state index is 2.31. The second kappa shape index (κ2) is 8.98. The Morgan fingerprint density at radius 2 is 1.21 bits per heavy atom. The van der Waals surface area contributed by atoms with Crippen LogP contribution >= 0.6 is 0 Å². The molecule has 0 bridgehead atoms. The molecule has 0 amide bonds. The van der Waals surface area contributed by atoms with Gasteiger partial charge in [-0.05, 0) is 0 Å². The quantitative estimate of drug-likeness (QED) is 0.473. The second-order valence-corrected chi connectivity index (χ2v) is 6.55. The SMILES string of the molecule is C1=CC[C]([Zr+3][C]2=CC=CC2)=C1.[Cl-].[Cl-].[Cl-]. The van der Waals surface area contributed by atoms with Crippen molar-refractivity contribution in [2.75, 3.05) is 0 Å².